The number of anilines is 3. The number of rotatable bonds is 7. The van der Waals surface area contributed by atoms with Crippen molar-refractivity contribution in [1.29, 1.82) is 0 Å². The quantitative estimate of drug-likeness (QED) is 0.440. The summed E-state index contributed by atoms with van der Waals surface area (Å²) in [6, 6.07) is 3.24. The molecule has 1 amide bonds. The second-order valence-electron chi connectivity index (χ2n) is 8.07. The molecule has 9 nitrogen and oxygen atoms in total. The summed E-state index contributed by atoms with van der Waals surface area (Å²) < 4.78 is 30.4. The average Bonchev–Trinajstić information content (AvgIpc) is 3.13. The van der Waals surface area contributed by atoms with E-state index >= 15 is 0 Å². The van der Waals surface area contributed by atoms with Crippen LogP contribution in [0.15, 0.2) is 24.4 Å². The Bertz CT molecular complexity index is 1110. The van der Waals surface area contributed by atoms with E-state index in [0.717, 1.165) is 12.1 Å². The molecule has 0 bridgehead atoms. The van der Waals surface area contributed by atoms with E-state index in [1.807, 2.05) is 0 Å². The SMILES string of the molecule is C[C@@H](CO)Nc1ncc2nc(Nc3c(F)cccc3F)n(C3CCC(C(N)=O)CC3)c2n1. The Balaban J connectivity index is 1.76. The van der Waals surface area contributed by atoms with Crippen LogP contribution in [0.4, 0.5) is 26.4 Å². The predicted octanol–water partition coefficient (Wildman–Crippen LogP) is 2.86. The van der Waals surface area contributed by atoms with Crippen molar-refractivity contribution in [3.63, 3.8) is 0 Å². The highest BCUT2D eigenvalue weighted by atomic mass is 19.1. The number of hydrogen-bond acceptors (Lipinski definition) is 7. The van der Waals surface area contributed by atoms with Crippen LogP contribution < -0.4 is 16.4 Å². The first-order chi connectivity index (χ1) is 15.4. The van der Waals surface area contributed by atoms with Crippen LogP contribution in [0, 0.1) is 17.6 Å². The van der Waals surface area contributed by atoms with Gasteiger partial charge in [0.05, 0.1) is 12.8 Å². The molecule has 2 heterocycles. The number of aliphatic hydroxyl groups is 1. The first-order valence-electron chi connectivity index (χ1n) is 10.5. The Morgan fingerprint density at radius 2 is 1.94 bits per heavy atom. The van der Waals surface area contributed by atoms with E-state index in [0.29, 0.717) is 42.8 Å². The maximum Gasteiger partial charge on any atom is 0.225 e. The van der Waals surface area contributed by atoms with Gasteiger partial charge in [-0.3, -0.25) is 9.36 Å². The molecule has 4 rings (SSSR count). The van der Waals surface area contributed by atoms with Crippen LogP contribution in [0.1, 0.15) is 38.6 Å². The Morgan fingerprint density at radius 3 is 2.56 bits per heavy atom. The van der Waals surface area contributed by atoms with Gasteiger partial charge in [-0.2, -0.15) is 4.98 Å². The molecule has 1 aromatic carbocycles. The molecule has 0 unspecified atom stereocenters. The zero-order valence-electron chi connectivity index (χ0n) is 17.6. The highest BCUT2D eigenvalue weighted by Gasteiger charge is 2.29. The maximum atomic E-state index is 14.3. The summed E-state index contributed by atoms with van der Waals surface area (Å²) in [7, 11) is 0. The number of aromatic nitrogens is 4. The monoisotopic (exact) mass is 445 g/mol. The van der Waals surface area contributed by atoms with Gasteiger partial charge in [-0.15, -0.1) is 0 Å². The molecule has 11 heteroatoms. The summed E-state index contributed by atoms with van der Waals surface area (Å²) in [5.41, 5.74) is 6.08. The minimum absolute atomic E-state index is 0.100. The summed E-state index contributed by atoms with van der Waals surface area (Å²) >= 11 is 0. The lowest BCUT2D eigenvalue weighted by atomic mass is 9.85. The number of carbonyl (C=O) groups is 1. The highest BCUT2D eigenvalue weighted by molar-refractivity contribution is 5.78. The molecule has 0 saturated heterocycles. The number of nitrogens with two attached hydrogens (primary N) is 1. The van der Waals surface area contributed by atoms with Crippen molar-refractivity contribution in [1.82, 2.24) is 19.5 Å². The minimum atomic E-state index is -0.744. The van der Waals surface area contributed by atoms with E-state index in [2.05, 4.69) is 25.6 Å². The number of halogens is 2. The molecule has 0 spiro atoms. The lowest BCUT2D eigenvalue weighted by Crippen LogP contribution is -2.29. The molecular formula is C21H25F2N7O2. The van der Waals surface area contributed by atoms with Gasteiger partial charge in [0.1, 0.15) is 22.8 Å². The molecule has 0 radical (unpaired) electrons. The van der Waals surface area contributed by atoms with Gasteiger partial charge in [0.25, 0.3) is 0 Å². The van der Waals surface area contributed by atoms with Gasteiger partial charge in [0.2, 0.25) is 17.8 Å². The number of nitrogens with zero attached hydrogens (tertiary/aromatic N) is 4. The average molecular weight is 445 g/mol. The predicted molar refractivity (Wildman–Crippen MR) is 115 cm³/mol. The van der Waals surface area contributed by atoms with E-state index in [-0.39, 0.29) is 42.2 Å². The zero-order valence-corrected chi connectivity index (χ0v) is 17.6. The fraction of sp³-hybridized carbons (Fsp3) is 0.429. The summed E-state index contributed by atoms with van der Waals surface area (Å²) in [6.07, 6.45) is 3.99. The van der Waals surface area contributed by atoms with Crippen LogP contribution in [-0.2, 0) is 4.79 Å². The lowest BCUT2D eigenvalue weighted by molar-refractivity contribution is -0.122. The van der Waals surface area contributed by atoms with Crippen molar-refractivity contribution in [2.45, 2.75) is 44.7 Å². The van der Waals surface area contributed by atoms with Crippen molar-refractivity contribution < 1.29 is 18.7 Å². The first-order valence-corrected chi connectivity index (χ1v) is 10.5. The van der Waals surface area contributed by atoms with Crippen LogP contribution >= 0.6 is 0 Å². The third-order valence-corrected chi connectivity index (χ3v) is 5.75. The van der Waals surface area contributed by atoms with Crippen LogP contribution in [0.5, 0.6) is 0 Å². The van der Waals surface area contributed by atoms with Crippen LogP contribution in [0.2, 0.25) is 0 Å². The first kappa shape index (κ1) is 21.9. The number of nitrogens with one attached hydrogen (secondary N) is 2. The van der Waals surface area contributed by atoms with Crippen LogP contribution in [0.25, 0.3) is 11.2 Å². The fourth-order valence-electron chi connectivity index (χ4n) is 4.01. The molecule has 2 aromatic heterocycles. The second-order valence-corrected chi connectivity index (χ2v) is 8.07. The summed E-state index contributed by atoms with van der Waals surface area (Å²) in [5.74, 6) is -1.48. The van der Waals surface area contributed by atoms with Gasteiger partial charge in [0, 0.05) is 18.0 Å². The van der Waals surface area contributed by atoms with Crippen LogP contribution in [-0.4, -0.2) is 43.2 Å². The van der Waals surface area contributed by atoms with Gasteiger partial charge < -0.3 is 21.5 Å². The number of aliphatic hydroxyl groups excluding tert-OH is 1. The smallest absolute Gasteiger partial charge is 0.225 e. The van der Waals surface area contributed by atoms with Crippen LogP contribution in [0.3, 0.4) is 0 Å². The molecule has 3 aromatic rings. The van der Waals surface area contributed by atoms with Gasteiger partial charge in [-0.25, -0.2) is 18.7 Å². The third-order valence-electron chi connectivity index (χ3n) is 5.75. The normalized spacial score (nSPS) is 19.6. The maximum absolute atomic E-state index is 14.3. The van der Waals surface area contributed by atoms with Gasteiger partial charge >= 0.3 is 0 Å². The zero-order chi connectivity index (χ0) is 22.8. The Labute approximate surface area is 183 Å². The molecule has 5 N–H and O–H groups in total. The standard InChI is InChI=1S/C21H25F2N7O2/c1-11(10-31)26-20-25-9-16-19(29-20)30(13-7-5-12(6-8-13)18(24)32)21(27-16)28-17-14(22)3-2-4-15(17)23/h2-4,9,11-13,31H,5-8,10H2,1H3,(H2,24,32)(H,27,28)(H,25,26,29)/t11-,12?,13?/m0/s1. The van der Waals surface area contributed by atoms with Crippen molar-refractivity contribution in [2.75, 3.05) is 17.2 Å². The number of fused-ring (bicyclic) bond motifs is 1. The lowest BCUT2D eigenvalue weighted by Gasteiger charge is -2.29. The number of para-hydroxylation sites is 1. The second kappa shape index (κ2) is 9.03. The largest absolute Gasteiger partial charge is 0.394 e. The van der Waals surface area contributed by atoms with Crippen molar-refractivity contribution >= 4 is 34.7 Å². The molecule has 1 aliphatic rings. The highest BCUT2D eigenvalue weighted by Crippen LogP contribution is 2.37. The molecular weight excluding hydrogens is 420 g/mol. The van der Waals surface area contributed by atoms with E-state index in [9.17, 15) is 18.7 Å². The number of primary amides is 1. The fourth-order valence-corrected chi connectivity index (χ4v) is 4.01. The Morgan fingerprint density at radius 1 is 1.25 bits per heavy atom. The molecule has 0 aliphatic heterocycles. The number of carbonyl (C=O) groups excluding carboxylic acids is 1. The molecule has 32 heavy (non-hydrogen) atoms. The van der Waals surface area contributed by atoms with E-state index in [1.165, 1.54) is 12.3 Å². The Kier molecular flexibility index (Phi) is 6.17. The summed E-state index contributed by atoms with van der Waals surface area (Å²) in [4.78, 5) is 24.8. The van der Waals surface area contributed by atoms with Gasteiger partial charge in [-0.1, -0.05) is 6.07 Å². The van der Waals surface area contributed by atoms with Gasteiger partial charge in [-0.05, 0) is 44.7 Å². The minimum Gasteiger partial charge on any atom is -0.394 e. The van der Waals surface area contributed by atoms with Crippen molar-refractivity contribution in [3.05, 3.63) is 36.0 Å². The summed E-state index contributed by atoms with van der Waals surface area (Å²) in [5, 5.41) is 15.1. The third kappa shape index (κ3) is 4.33. The molecule has 1 aliphatic carbocycles. The molecule has 1 atom stereocenters. The van der Waals surface area contributed by atoms with E-state index < -0.39 is 11.6 Å². The topological polar surface area (TPSA) is 131 Å². The van der Waals surface area contributed by atoms with Crippen molar-refractivity contribution in [2.24, 2.45) is 11.7 Å². The number of benzene rings is 1. The van der Waals surface area contributed by atoms with Gasteiger partial charge in [0.15, 0.2) is 5.65 Å². The van der Waals surface area contributed by atoms with Crippen molar-refractivity contribution in [3.8, 4) is 0 Å². The number of amides is 1. The summed E-state index contributed by atoms with van der Waals surface area (Å²) in [6.45, 7) is 1.68. The molecule has 1 fully saturated rings. The molecule has 170 valence electrons. The number of hydrogen-bond donors (Lipinski definition) is 4. The number of imidazole rings is 1. The van der Waals surface area contributed by atoms with E-state index in [4.69, 9.17) is 5.73 Å². The van der Waals surface area contributed by atoms with E-state index in [1.54, 1.807) is 11.5 Å². The Hall–Kier alpha value is -3.34. The molecule has 1 saturated carbocycles.